The van der Waals surface area contributed by atoms with E-state index in [0.717, 1.165) is 5.69 Å². The lowest BCUT2D eigenvalue weighted by Crippen LogP contribution is -2.13. The lowest BCUT2D eigenvalue weighted by Gasteiger charge is -2.09. The first kappa shape index (κ1) is 16.7. The standard InChI is InChI=1S/C17H14ClN5O2/c1-11(24)21-12-2-4-13(5-3-12)22-17(25)15-7-6-14(8-16(15)18)23-9-19-20-10-23/h2-10H,1H3,(H,21,24)(H,22,25). The molecule has 0 radical (unpaired) electrons. The third-order valence-electron chi connectivity index (χ3n) is 3.38. The molecule has 2 N–H and O–H groups in total. The Morgan fingerprint density at radius 1 is 0.960 bits per heavy atom. The summed E-state index contributed by atoms with van der Waals surface area (Å²) in [6.07, 6.45) is 3.09. The zero-order chi connectivity index (χ0) is 17.8. The van der Waals surface area contributed by atoms with Gasteiger partial charge in [0.2, 0.25) is 5.91 Å². The molecule has 0 fully saturated rings. The molecule has 0 aliphatic rings. The van der Waals surface area contributed by atoms with Crippen LogP contribution in [0.4, 0.5) is 11.4 Å². The molecule has 0 atom stereocenters. The summed E-state index contributed by atoms with van der Waals surface area (Å²) >= 11 is 6.23. The minimum atomic E-state index is -0.326. The number of nitrogens with one attached hydrogen (secondary N) is 2. The van der Waals surface area contributed by atoms with Gasteiger partial charge in [0.1, 0.15) is 12.7 Å². The third kappa shape index (κ3) is 4.02. The van der Waals surface area contributed by atoms with Crippen LogP contribution in [0.15, 0.2) is 55.1 Å². The summed E-state index contributed by atoms with van der Waals surface area (Å²) < 4.78 is 1.69. The van der Waals surface area contributed by atoms with Gasteiger partial charge in [0.25, 0.3) is 5.91 Å². The lowest BCUT2D eigenvalue weighted by molar-refractivity contribution is -0.114. The summed E-state index contributed by atoms with van der Waals surface area (Å²) in [7, 11) is 0. The zero-order valence-corrected chi connectivity index (χ0v) is 14.0. The van der Waals surface area contributed by atoms with Crippen LogP contribution in [-0.2, 0) is 4.79 Å². The van der Waals surface area contributed by atoms with E-state index in [0.29, 0.717) is 22.0 Å². The second-order valence-corrected chi connectivity index (χ2v) is 5.65. The molecule has 3 rings (SSSR count). The van der Waals surface area contributed by atoms with Crippen molar-refractivity contribution in [3.8, 4) is 5.69 Å². The monoisotopic (exact) mass is 355 g/mol. The van der Waals surface area contributed by atoms with E-state index in [-0.39, 0.29) is 11.8 Å². The first-order valence-corrected chi connectivity index (χ1v) is 7.74. The quantitative estimate of drug-likeness (QED) is 0.752. The number of hydrogen-bond donors (Lipinski definition) is 2. The molecular weight excluding hydrogens is 342 g/mol. The summed E-state index contributed by atoms with van der Waals surface area (Å²) in [5, 5.41) is 13.2. The number of halogens is 1. The molecule has 0 saturated heterocycles. The predicted octanol–water partition coefficient (Wildman–Crippen LogP) is 3.13. The average Bonchev–Trinajstić information content (AvgIpc) is 3.10. The molecule has 1 aromatic heterocycles. The van der Waals surface area contributed by atoms with Gasteiger partial charge >= 0.3 is 0 Å². The van der Waals surface area contributed by atoms with Crippen molar-refractivity contribution >= 4 is 34.8 Å². The highest BCUT2D eigenvalue weighted by Gasteiger charge is 2.12. The average molecular weight is 356 g/mol. The zero-order valence-electron chi connectivity index (χ0n) is 13.2. The molecule has 0 bridgehead atoms. The van der Waals surface area contributed by atoms with Crippen LogP contribution in [0.25, 0.3) is 5.69 Å². The predicted molar refractivity (Wildman–Crippen MR) is 95.1 cm³/mol. The SMILES string of the molecule is CC(=O)Nc1ccc(NC(=O)c2ccc(-n3cnnc3)cc2Cl)cc1. The van der Waals surface area contributed by atoms with Gasteiger partial charge in [-0.15, -0.1) is 10.2 Å². The van der Waals surface area contributed by atoms with Gasteiger partial charge in [0.05, 0.1) is 10.6 Å². The van der Waals surface area contributed by atoms with Crippen LogP contribution in [0.5, 0.6) is 0 Å². The summed E-state index contributed by atoms with van der Waals surface area (Å²) in [5.41, 5.74) is 2.36. The van der Waals surface area contributed by atoms with E-state index in [2.05, 4.69) is 20.8 Å². The van der Waals surface area contributed by atoms with Gasteiger partial charge in [-0.3, -0.25) is 14.2 Å². The summed E-state index contributed by atoms with van der Waals surface area (Å²) in [6, 6.07) is 11.9. The summed E-state index contributed by atoms with van der Waals surface area (Å²) in [6.45, 7) is 1.43. The maximum absolute atomic E-state index is 12.4. The Hall–Kier alpha value is -3.19. The van der Waals surface area contributed by atoms with Crippen LogP contribution in [0.3, 0.4) is 0 Å². The van der Waals surface area contributed by atoms with Crippen molar-refractivity contribution in [2.24, 2.45) is 0 Å². The molecule has 0 spiro atoms. The lowest BCUT2D eigenvalue weighted by atomic mass is 10.1. The molecule has 126 valence electrons. The van der Waals surface area contributed by atoms with Crippen LogP contribution in [-0.4, -0.2) is 26.6 Å². The molecule has 7 nitrogen and oxygen atoms in total. The van der Waals surface area contributed by atoms with E-state index in [1.165, 1.54) is 6.92 Å². The minimum Gasteiger partial charge on any atom is -0.326 e. The van der Waals surface area contributed by atoms with Gasteiger partial charge in [-0.2, -0.15) is 0 Å². The largest absolute Gasteiger partial charge is 0.326 e. The Kier molecular flexibility index (Phi) is 4.76. The van der Waals surface area contributed by atoms with Crippen molar-refractivity contribution in [1.82, 2.24) is 14.8 Å². The Balaban J connectivity index is 1.74. The van der Waals surface area contributed by atoms with E-state index >= 15 is 0 Å². The van der Waals surface area contributed by atoms with Crippen LogP contribution in [0, 0.1) is 0 Å². The normalized spacial score (nSPS) is 10.3. The molecule has 2 amide bonds. The first-order chi connectivity index (χ1) is 12.0. The molecule has 25 heavy (non-hydrogen) atoms. The molecule has 8 heteroatoms. The van der Waals surface area contributed by atoms with Crippen molar-refractivity contribution in [3.63, 3.8) is 0 Å². The van der Waals surface area contributed by atoms with Gasteiger partial charge < -0.3 is 10.6 Å². The Morgan fingerprint density at radius 3 is 2.12 bits per heavy atom. The van der Waals surface area contributed by atoms with Gasteiger partial charge in [-0.05, 0) is 42.5 Å². The molecule has 0 unspecified atom stereocenters. The second-order valence-electron chi connectivity index (χ2n) is 5.25. The molecule has 0 saturated carbocycles. The van der Waals surface area contributed by atoms with Crippen LogP contribution in [0.2, 0.25) is 5.02 Å². The fraction of sp³-hybridized carbons (Fsp3) is 0.0588. The van der Waals surface area contributed by atoms with Crippen molar-refractivity contribution < 1.29 is 9.59 Å². The number of rotatable bonds is 4. The Morgan fingerprint density at radius 2 is 1.56 bits per heavy atom. The van der Waals surface area contributed by atoms with Crippen molar-refractivity contribution in [3.05, 3.63) is 65.7 Å². The number of amides is 2. The number of benzene rings is 2. The number of anilines is 2. The van der Waals surface area contributed by atoms with E-state index in [9.17, 15) is 9.59 Å². The van der Waals surface area contributed by atoms with E-state index < -0.39 is 0 Å². The van der Waals surface area contributed by atoms with Crippen molar-refractivity contribution in [2.75, 3.05) is 10.6 Å². The van der Waals surface area contributed by atoms with E-state index in [4.69, 9.17) is 11.6 Å². The number of nitrogens with zero attached hydrogens (tertiary/aromatic N) is 3. The number of carbonyl (C=O) groups is 2. The number of aromatic nitrogens is 3. The fourth-order valence-electron chi connectivity index (χ4n) is 2.22. The summed E-state index contributed by atoms with van der Waals surface area (Å²) in [4.78, 5) is 23.4. The van der Waals surface area contributed by atoms with Crippen LogP contribution < -0.4 is 10.6 Å². The third-order valence-corrected chi connectivity index (χ3v) is 3.69. The van der Waals surface area contributed by atoms with Crippen LogP contribution >= 0.6 is 11.6 Å². The highest BCUT2D eigenvalue weighted by atomic mass is 35.5. The van der Waals surface area contributed by atoms with Gasteiger partial charge in [0, 0.05) is 24.0 Å². The minimum absolute atomic E-state index is 0.156. The molecule has 2 aromatic carbocycles. The molecule has 0 aliphatic carbocycles. The van der Waals surface area contributed by atoms with Crippen molar-refractivity contribution in [1.29, 1.82) is 0 Å². The number of hydrogen-bond acceptors (Lipinski definition) is 4. The highest BCUT2D eigenvalue weighted by molar-refractivity contribution is 6.34. The summed E-state index contributed by atoms with van der Waals surface area (Å²) in [5.74, 6) is -0.482. The van der Waals surface area contributed by atoms with E-state index in [1.54, 1.807) is 59.7 Å². The highest BCUT2D eigenvalue weighted by Crippen LogP contribution is 2.22. The van der Waals surface area contributed by atoms with Gasteiger partial charge in [-0.1, -0.05) is 11.6 Å². The molecule has 0 aliphatic heterocycles. The van der Waals surface area contributed by atoms with E-state index in [1.807, 2.05) is 0 Å². The smallest absolute Gasteiger partial charge is 0.257 e. The van der Waals surface area contributed by atoms with Gasteiger partial charge in [0.15, 0.2) is 0 Å². The molecular formula is C17H14ClN5O2. The maximum atomic E-state index is 12.4. The maximum Gasteiger partial charge on any atom is 0.257 e. The number of carbonyl (C=O) groups excluding carboxylic acids is 2. The Bertz CT molecular complexity index is 907. The topological polar surface area (TPSA) is 88.9 Å². The van der Waals surface area contributed by atoms with Crippen molar-refractivity contribution in [2.45, 2.75) is 6.92 Å². The fourth-order valence-corrected chi connectivity index (χ4v) is 2.48. The molecule has 1 heterocycles. The second kappa shape index (κ2) is 7.14. The molecule has 3 aromatic rings. The van der Waals surface area contributed by atoms with Gasteiger partial charge in [-0.25, -0.2) is 0 Å². The Labute approximate surface area is 148 Å². The van der Waals surface area contributed by atoms with Crippen LogP contribution in [0.1, 0.15) is 17.3 Å². The first-order valence-electron chi connectivity index (χ1n) is 7.36.